The van der Waals surface area contributed by atoms with E-state index in [0.717, 1.165) is 5.56 Å². The first-order valence-electron chi connectivity index (χ1n) is 11.4. The number of amidine groups is 1. The fraction of sp³-hybridized carbons (Fsp3) is 0.222. The molecule has 0 spiro atoms. The molecule has 192 valence electrons. The molecule has 0 unspecified atom stereocenters. The van der Waals surface area contributed by atoms with E-state index in [1.165, 1.54) is 60.3 Å². The Hall–Kier alpha value is -3.92. The smallest absolute Gasteiger partial charge is 0.242 e. The van der Waals surface area contributed by atoms with Crippen molar-refractivity contribution in [2.75, 3.05) is 26.1 Å². The van der Waals surface area contributed by atoms with Crippen LogP contribution in [0.25, 0.3) is 0 Å². The standard InChI is InChI=1S/C27H25F2N3O4S/c1-35-22-12-3-17(15-23(22)36-2)13-14-32-26(34)24(16-25(33)30-20-8-4-18(28)5-9-20)37-27(32)31-21-10-6-19(29)7-11-21/h3-12,15,24H,13-14,16H2,1-2H3,(H,30,33)/t24-/m0/s1. The molecule has 0 saturated carbocycles. The number of hydrogen-bond acceptors (Lipinski definition) is 6. The third-order valence-electron chi connectivity index (χ3n) is 5.64. The summed E-state index contributed by atoms with van der Waals surface area (Å²) in [6.45, 7) is 0.317. The predicted octanol–water partition coefficient (Wildman–Crippen LogP) is 5.19. The minimum atomic E-state index is -0.690. The minimum absolute atomic E-state index is 0.0871. The summed E-state index contributed by atoms with van der Waals surface area (Å²) in [4.78, 5) is 32.0. The van der Waals surface area contributed by atoms with Crippen molar-refractivity contribution in [2.24, 2.45) is 4.99 Å². The van der Waals surface area contributed by atoms with Crippen LogP contribution in [0.2, 0.25) is 0 Å². The summed E-state index contributed by atoms with van der Waals surface area (Å²) < 4.78 is 37.2. The number of rotatable bonds is 9. The fourth-order valence-electron chi connectivity index (χ4n) is 3.75. The first kappa shape index (κ1) is 26.2. The van der Waals surface area contributed by atoms with Crippen LogP contribution >= 0.6 is 11.8 Å². The molecule has 4 rings (SSSR count). The molecular weight excluding hydrogens is 500 g/mol. The van der Waals surface area contributed by atoms with Gasteiger partial charge in [-0.15, -0.1) is 0 Å². The van der Waals surface area contributed by atoms with Crippen LogP contribution in [0, 0.1) is 11.6 Å². The Balaban J connectivity index is 1.51. The van der Waals surface area contributed by atoms with Crippen LogP contribution in [0.15, 0.2) is 71.7 Å². The quantitative estimate of drug-likeness (QED) is 0.416. The molecule has 0 aliphatic carbocycles. The van der Waals surface area contributed by atoms with Gasteiger partial charge in [0.05, 0.1) is 19.9 Å². The number of halogens is 2. The summed E-state index contributed by atoms with van der Waals surface area (Å²) >= 11 is 1.18. The summed E-state index contributed by atoms with van der Waals surface area (Å²) in [5, 5.41) is 2.42. The molecule has 7 nitrogen and oxygen atoms in total. The second-order valence-corrected chi connectivity index (χ2v) is 9.34. The number of carbonyl (C=O) groups is 2. The third kappa shape index (κ3) is 6.65. The van der Waals surface area contributed by atoms with Gasteiger partial charge in [-0.05, 0) is 72.6 Å². The van der Waals surface area contributed by atoms with Gasteiger partial charge < -0.3 is 14.8 Å². The minimum Gasteiger partial charge on any atom is -0.493 e. The second kappa shape index (κ2) is 11.9. The largest absolute Gasteiger partial charge is 0.493 e. The van der Waals surface area contributed by atoms with Crippen molar-refractivity contribution < 1.29 is 27.8 Å². The Bertz CT molecular complexity index is 1300. The molecule has 1 aliphatic rings. The van der Waals surface area contributed by atoms with Crippen LogP contribution < -0.4 is 14.8 Å². The summed E-state index contributed by atoms with van der Waals surface area (Å²) in [5.74, 6) is -0.241. The highest BCUT2D eigenvalue weighted by Gasteiger charge is 2.39. The molecular formula is C27H25F2N3O4S. The first-order valence-corrected chi connectivity index (χ1v) is 12.3. The zero-order chi connectivity index (χ0) is 26.4. The van der Waals surface area contributed by atoms with Gasteiger partial charge in [-0.1, -0.05) is 17.8 Å². The van der Waals surface area contributed by atoms with Gasteiger partial charge in [0.1, 0.15) is 16.9 Å². The maximum Gasteiger partial charge on any atom is 0.242 e. The van der Waals surface area contributed by atoms with Gasteiger partial charge in [-0.25, -0.2) is 13.8 Å². The van der Waals surface area contributed by atoms with Gasteiger partial charge in [0, 0.05) is 18.7 Å². The normalized spacial score (nSPS) is 16.2. The molecule has 1 heterocycles. The van der Waals surface area contributed by atoms with E-state index in [-0.39, 0.29) is 24.1 Å². The molecule has 1 fully saturated rings. The van der Waals surface area contributed by atoms with Crippen LogP contribution in [-0.4, -0.2) is 47.9 Å². The van der Waals surface area contributed by atoms with E-state index in [0.29, 0.717) is 41.0 Å². The molecule has 3 aromatic rings. The SMILES string of the molecule is COc1ccc(CCN2C(=O)[C@H](CC(=O)Nc3ccc(F)cc3)SC2=Nc2ccc(F)cc2)cc1OC. The van der Waals surface area contributed by atoms with Gasteiger partial charge >= 0.3 is 0 Å². The lowest BCUT2D eigenvalue weighted by Gasteiger charge is -2.17. The van der Waals surface area contributed by atoms with Gasteiger partial charge in [0.15, 0.2) is 16.7 Å². The van der Waals surface area contributed by atoms with E-state index in [1.54, 1.807) is 25.2 Å². The lowest BCUT2D eigenvalue weighted by molar-refractivity contribution is -0.128. The highest BCUT2D eigenvalue weighted by molar-refractivity contribution is 8.15. The van der Waals surface area contributed by atoms with Crippen LogP contribution in [0.4, 0.5) is 20.2 Å². The Morgan fingerprint density at radius 1 is 0.973 bits per heavy atom. The maximum atomic E-state index is 13.4. The number of ether oxygens (including phenoxy) is 2. The van der Waals surface area contributed by atoms with Crippen molar-refractivity contribution in [2.45, 2.75) is 18.1 Å². The average molecular weight is 526 g/mol. The van der Waals surface area contributed by atoms with Crippen molar-refractivity contribution in [1.82, 2.24) is 4.90 Å². The van der Waals surface area contributed by atoms with Crippen molar-refractivity contribution in [3.05, 3.63) is 83.9 Å². The van der Waals surface area contributed by atoms with Crippen LogP contribution in [0.3, 0.4) is 0 Å². The molecule has 0 aromatic heterocycles. The first-order chi connectivity index (χ1) is 17.9. The number of carbonyl (C=O) groups excluding carboxylic acids is 2. The molecule has 37 heavy (non-hydrogen) atoms. The Labute approximate surface area is 217 Å². The van der Waals surface area contributed by atoms with Gasteiger partial charge in [-0.2, -0.15) is 0 Å². The second-order valence-electron chi connectivity index (χ2n) is 8.17. The van der Waals surface area contributed by atoms with Crippen molar-refractivity contribution in [3.63, 3.8) is 0 Å². The highest BCUT2D eigenvalue weighted by Crippen LogP contribution is 2.33. The zero-order valence-electron chi connectivity index (χ0n) is 20.2. The van der Waals surface area contributed by atoms with E-state index in [2.05, 4.69) is 10.3 Å². The predicted molar refractivity (Wildman–Crippen MR) is 139 cm³/mol. The number of benzene rings is 3. The number of amides is 2. The fourth-order valence-corrected chi connectivity index (χ4v) is 4.93. The lowest BCUT2D eigenvalue weighted by atomic mass is 10.1. The molecule has 0 bridgehead atoms. The molecule has 1 saturated heterocycles. The molecule has 2 amide bonds. The number of nitrogens with zero attached hydrogens (tertiary/aromatic N) is 2. The Morgan fingerprint density at radius 2 is 1.62 bits per heavy atom. The van der Waals surface area contributed by atoms with E-state index >= 15 is 0 Å². The summed E-state index contributed by atoms with van der Waals surface area (Å²) in [7, 11) is 3.11. The molecule has 1 N–H and O–H groups in total. The number of nitrogens with one attached hydrogen (secondary N) is 1. The van der Waals surface area contributed by atoms with Crippen LogP contribution in [0.1, 0.15) is 12.0 Å². The van der Waals surface area contributed by atoms with Crippen molar-refractivity contribution in [1.29, 1.82) is 0 Å². The number of methoxy groups -OCH3 is 2. The van der Waals surface area contributed by atoms with Gasteiger partial charge in [-0.3, -0.25) is 14.5 Å². The number of hydrogen-bond donors (Lipinski definition) is 1. The van der Waals surface area contributed by atoms with Gasteiger partial charge in [0.25, 0.3) is 0 Å². The number of thioether (sulfide) groups is 1. The third-order valence-corrected chi connectivity index (χ3v) is 6.82. The van der Waals surface area contributed by atoms with Crippen LogP contribution in [0.5, 0.6) is 11.5 Å². The van der Waals surface area contributed by atoms with E-state index in [1.807, 2.05) is 12.1 Å². The molecule has 0 radical (unpaired) electrons. The molecule has 10 heteroatoms. The summed E-state index contributed by atoms with van der Waals surface area (Å²) in [6, 6.07) is 16.6. The summed E-state index contributed by atoms with van der Waals surface area (Å²) in [5.41, 5.74) is 1.85. The number of aliphatic imine (C=N–C) groups is 1. The van der Waals surface area contributed by atoms with E-state index in [4.69, 9.17) is 9.47 Å². The molecule has 1 atom stereocenters. The average Bonchev–Trinajstić information content (AvgIpc) is 3.18. The molecule has 1 aliphatic heterocycles. The highest BCUT2D eigenvalue weighted by atomic mass is 32.2. The van der Waals surface area contributed by atoms with Crippen molar-refractivity contribution >= 4 is 40.1 Å². The van der Waals surface area contributed by atoms with E-state index in [9.17, 15) is 18.4 Å². The Kier molecular flexibility index (Phi) is 8.39. The van der Waals surface area contributed by atoms with Gasteiger partial charge in [0.2, 0.25) is 11.8 Å². The van der Waals surface area contributed by atoms with E-state index < -0.39 is 11.1 Å². The zero-order valence-corrected chi connectivity index (χ0v) is 21.1. The monoisotopic (exact) mass is 525 g/mol. The lowest BCUT2D eigenvalue weighted by Crippen LogP contribution is -2.35. The number of anilines is 1. The Morgan fingerprint density at radius 3 is 2.27 bits per heavy atom. The topological polar surface area (TPSA) is 80.2 Å². The van der Waals surface area contributed by atoms with Crippen LogP contribution in [-0.2, 0) is 16.0 Å². The summed E-state index contributed by atoms with van der Waals surface area (Å²) in [6.07, 6.45) is 0.416. The molecule has 3 aromatic carbocycles. The van der Waals surface area contributed by atoms with Crippen molar-refractivity contribution in [3.8, 4) is 11.5 Å². The maximum absolute atomic E-state index is 13.4.